The van der Waals surface area contributed by atoms with Gasteiger partial charge in [0, 0.05) is 38.6 Å². The van der Waals surface area contributed by atoms with Crippen molar-refractivity contribution in [1.29, 1.82) is 0 Å². The minimum Gasteiger partial charge on any atom is -0.365 e. The Morgan fingerprint density at radius 3 is 3.04 bits per heavy atom. The molecule has 3 aromatic rings. The van der Waals surface area contributed by atoms with Crippen molar-refractivity contribution >= 4 is 22.8 Å². The van der Waals surface area contributed by atoms with Crippen LogP contribution in [0.1, 0.15) is 28.9 Å². The van der Waals surface area contributed by atoms with Crippen molar-refractivity contribution in [2.24, 2.45) is 7.05 Å². The third kappa shape index (κ3) is 2.27. The molecule has 0 unspecified atom stereocenters. The average Bonchev–Trinajstić information content (AvgIpc) is 3.24. The molecular formula is C19H20N6O. The van der Waals surface area contributed by atoms with Crippen molar-refractivity contribution < 1.29 is 4.79 Å². The molecule has 3 aromatic heterocycles. The van der Waals surface area contributed by atoms with Gasteiger partial charge < -0.3 is 14.4 Å². The fraction of sp³-hybridized carbons (Fsp3) is 0.368. The molecule has 0 aromatic carbocycles. The maximum atomic E-state index is 13.4. The normalized spacial score (nSPS) is 19.3. The summed E-state index contributed by atoms with van der Waals surface area (Å²) in [6.07, 6.45) is 7.45. The van der Waals surface area contributed by atoms with Gasteiger partial charge in [0.05, 0.1) is 29.8 Å². The minimum absolute atomic E-state index is 0.00135. The first-order valence-corrected chi connectivity index (χ1v) is 8.98. The number of amides is 1. The maximum absolute atomic E-state index is 13.4. The van der Waals surface area contributed by atoms with Crippen molar-refractivity contribution in [1.82, 2.24) is 24.4 Å². The van der Waals surface area contributed by atoms with Crippen LogP contribution in [0.5, 0.6) is 0 Å². The van der Waals surface area contributed by atoms with Gasteiger partial charge >= 0.3 is 0 Å². The van der Waals surface area contributed by atoms with Crippen molar-refractivity contribution in [3.63, 3.8) is 0 Å². The van der Waals surface area contributed by atoms with Crippen LogP contribution in [0, 0.1) is 0 Å². The lowest BCUT2D eigenvalue weighted by molar-refractivity contribution is 0.0738. The van der Waals surface area contributed by atoms with Gasteiger partial charge in [0.15, 0.2) is 5.65 Å². The average molecular weight is 348 g/mol. The number of anilines is 1. The second-order valence-electron chi connectivity index (χ2n) is 7.03. The lowest BCUT2D eigenvalue weighted by Crippen LogP contribution is -2.40. The third-order valence-electron chi connectivity index (χ3n) is 5.44. The molecule has 5 heterocycles. The largest absolute Gasteiger partial charge is 0.365 e. The van der Waals surface area contributed by atoms with Gasteiger partial charge in [0.2, 0.25) is 0 Å². The first kappa shape index (κ1) is 15.3. The Balaban J connectivity index is 1.56. The molecule has 5 rings (SSSR count). The second kappa shape index (κ2) is 5.79. The molecule has 0 saturated carbocycles. The summed E-state index contributed by atoms with van der Waals surface area (Å²) in [5, 5.41) is 0. The summed E-state index contributed by atoms with van der Waals surface area (Å²) in [6, 6.07) is 6.23. The number of aromatic nitrogens is 4. The van der Waals surface area contributed by atoms with Crippen LogP contribution in [-0.2, 0) is 13.6 Å². The first-order chi connectivity index (χ1) is 12.7. The topological polar surface area (TPSA) is 67.2 Å². The van der Waals surface area contributed by atoms with Gasteiger partial charge in [-0.2, -0.15) is 0 Å². The van der Waals surface area contributed by atoms with E-state index in [1.54, 1.807) is 24.8 Å². The van der Waals surface area contributed by atoms with E-state index in [0.29, 0.717) is 30.2 Å². The van der Waals surface area contributed by atoms with E-state index in [0.717, 1.165) is 30.7 Å². The standard InChI is InChI=1S/C19H20N6O/c1-23-12-22-17-14(6-8-21-18(17)23)19(26)24-10-13-4-3-9-25(13)16-5-2-7-20-15(16)11-24/h2,5-8,12-13H,3-4,9-11H2,1H3/t13-/m0/s1. The second-order valence-corrected chi connectivity index (χ2v) is 7.03. The van der Waals surface area contributed by atoms with Crippen LogP contribution in [0.15, 0.2) is 36.9 Å². The molecule has 7 heteroatoms. The van der Waals surface area contributed by atoms with Crippen LogP contribution in [0.4, 0.5) is 5.69 Å². The number of carbonyl (C=O) groups is 1. The lowest BCUT2D eigenvalue weighted by atomic mass is 10.1. The summed E-state index contributed by atoms with van der Waals surface area (Å²) >= 11 is 0. The monoisotopic (exact) mass is 348 g/mol. The molecular weight excluding hydrogens is 328 g/mol. The number of hydrogen-bond donors (Lipinski definition) is 0. The minimum atomic E-state index is 0.00135. The Morgan fingerprint density at radius 2 is 2.12 bits per heavy atom. The van der Waals surface area contributed by atoms with Gasteiger partial charge in [-0.3, -0.25) is 9.78 Å². The summed E-state index contributed by atoms with van der Waals surface area (Å²) in [7, 11) is 1.89. The highest BCUT2D eigenvalue weighted by atomic mass is 16.2. The van der Waals surface area contributed by atoms with Gasteiger partial charge in [-0.15, -0.1) is 0 Å². The van der Waals surface area contributed by atoms with Crippen LogP contribution in [-0.4, -0.2) is 49.5 Å². The molecule has 7 nitrogen and oxygen atoms in total. The van der Waals surface area contributed by atoms with Crippen LogP contribution >= 0.6 is 0 Å². The highest BCUT2D eigenvalue weighted by molar-refractivity contribution is 6.04. The smallest absolute Gasteiger partial charge is 0.256 e. The Hall–Kier alpha value is -2.96. The van der Waals surface area contributed by atoms with Crippen molar-refractivity contribution in [2.75, 3.05) is 18.0 Å². The van der Waals surface area contributed by atoms with E-state index in [-0.39, 0.29) is 5.91 Å². The highest BCUT2D eigenvalue weighted by Gasteiger charge is 2.34. The van der Waals surface area contributed by atoms with Crippen molar-refractivity contribution in [3.8, 4) is 0 Å². The number of pyridine rings is 2. The molecule has 0 bridgehead atoms. The fourth-order valence-corrected chi connectivity index (χ4v) is 4.18. The Labute approximate surface area is 151 Å². The molecule has 2 aliphatic heterocycles. The zero-order valence-electron chi connectivity index (χ0n) is 14.7. The van der Waals surface area contributed by atoms with E-state index in [4.69, 9.17) is 0 Å². The van der Waals surface area contributed by atoms with E-state index in [1.165, 1.54) is 5.69 Å². The van der Waals surface area contributed by atoms with Gasteiger partial charge in [-0.1, -0.05) is 0 Å². The van der Waals surface area contributed by atoms with Crippen molar-refractivity contribution in [3.05, 3.63) is 48.2 Å². The summed E-state index contributed by atoms with van der Waals surface area (Å²) < 4.78 is 1.84. The number of nitrogens with zero attached hydrogens (tertiary/aromatic N) is 6. The zero-order valence-corrected chi connectivity index (χ0v) is 14.7. The number of hydrogen-bond acceptors (Lipinski definition) is 5. The third-order valence-corrected chi connectivity index (χ3v) is 5.44. The molecule has 1 fully saturated rings. The van der Waals surface area contributed by atoms with E-state index >= 15 is 0 Å². The summed E-state index contributed by atoms with van der Waals surface area (Å²) in [5.74, 6) is 0.00135. The summed E-state index contributed by atoms with van der Waals surface area (Å²) in [5.41, 5.74) is 4.14. The number of carbonyl (C=O) groups excluding carboxylic acids is 1. The van der Waals surface area contributed by atoms with Gasteiger partial charge in [0.1, 0.15) is 5.52 Å². The van der Waals surface area contributed by atoms with Crippen LogP contribution in [0.2, 0.25) is 0 Å². The van der Waals surface area contributed by atoms with Gasteiger partial charge in [-0.25, -0.2) is 9.97 Å². The predicted molar refractivity (Wildman–Crippen MR) is 97.9 cm³/mol. The van der Waals surface area contributed by atoms with Gasteiger partial charge in [-0.05, 0) is 31.0 Å². The summed E-state index contributed by atoms with van der Waals surface area (Å²) in [4.78, 5) is 31.0. The maximum Gasteiger partial charge on any atom is 0.256 e. The van der Waals surface area contributed by atoms with Crippen LogP contribution < -0.4 is 4.90 Å². The van der Waals surface area contributed by atoms with Crippen LogP contribution in [0.25, 0.3) is 11.2 Å². The molecule has 0 aliphatic carbocycles. The Morgan fingerprint density at radius 1 is 1.19 bits per heavy atom. The SMILES string of the molecule is Cn1cnc2c(C(=O)N3Cc4ncccc4N4CCC[C@H]4C3)ccnc21. The predicted octanol–water partition coefficient (Wildman–Crippen LogP) is 1.99. The molecule has 1 atom stereocenters. The molecule has 1 amide bonds. The molecule has 132 valence electrons. The Bertz CT molecular complexity index is 997. The summed E-state index contributed by atoms with van der Waals surface area (Å²) in [6.45, 7) is 2.27. The molecule has 1 saturated heterocycles. The van der Waals surface area contributed by atoms with Crippen molar-refractivity contribution in [2.45, 2.75) is 25.4 Å². The van der Waals surface area contributed by atoms with Crippen LogP contribution in [0.3, 0.4) is 0 Å². The molecule has 2 aliphatic rings. The Kier molecular flexibility index (Phi) is 3.41. The quantitative estimate of drug-likeness (QED) is 0.673. The zero-order chi connectivity index (χ0) is 17.7. The number of aryl methyl sites for hydroxylation is 1. The fourth-order valence-electron chi connectivity index (χ4n) is 4.18. The van der Waals surface area contributed by atoms with E-state index in [2.05, 4.69) is 25.9 Å². The molecule has 0 N–H and O–H groups in total. The lowest BCUT2D eigenvalue weighted by Gasteiger charge is -2.27. The van der Waals surface area contributed by atoms with E-state index in [9.17, 15) is 4.79 Å². The molecule has 26 heavy (non-hydrogen) atoms. The molecule has 0 radical (unpaired) electrons. The highest BCUT2D eigenvalue weighted by Crippen LogP contribution is 2.32. The first-order valence-electron chi connectivity index (χ1n) is 8.98. The van der Waals surface area contributed by atoms with E-state index < -0.39 is 0 Å². The van der Waals surface area contributed by atoms with E-state index in [1.807, 2.05) is 22.6 Å². The molecule has 0 spiro atoms. The van der Waals surface area contributed by atoms with Gasteiger partial charge in [0.25, 0.3) is 5.91 Å². The number of rotatable bonds is 1. The number of fused-ring (bicyclic) bond motifs is 4. The number of imidazole rings is 1.